The Kier molecular flexibility index (Phi) is 61.3. The fraction of sp³-hybridized carbons (Fsp3) is 0.704. The molecule has 0 saturated heterocycles. The van der Waals surface area contributed by atoms with Gasteiger partial charge in [0.25, 0.3) is 0 Å². The molecule has 0 aromatic heterocycles. The van der Waals surface area contributed by atoms with Gasteiger partial charge in [-0.15, -0.1) is 0 Å². The standard InChI is InChI=1S/C71H120O6/c1-4-7-10-13-16-18-20-22-24-26-28-30-31-32-33-34-35-36-37-38-39-41-42-44-46-48-50-52-55-58-61-64-70(73)76-67-68(66-75-69(72)63-60-57-54-15-12-9-6-3)77-71(74)65-62-59-56-53-51-49-47-45-43-40-29-27-25-23-21-19-17-14-11-8-5-2/h7,10,16,18,21-24,27-30,32-33,35-36,38-39,68H,4-6,8-9,11-15,17,19-20,25-26,31,34,37,40-67H2,1-3H3/b10-7-,18-16-,23-21-,24-22-,29-27-,30-28-,33-32-,36-35-,39-38-. The van der Waals surface area contributed by atoms with Gasteiger partial charge in [-0.2, -0.15) is 0 Å². The third-order valence-corrected chi connectivity index (χ3v) is 13.8. The average molecular weight is 1070 g/mol. The van der Waals surface area contributed by atoms with Crippen molar-refractivity contribution in [3.05, 3.63) is 109 Å². The lowest BCUT2D eigenvalue weighted by atomic mass is 10.1. The van der Waals surface area contributed by atoms with Crippen LogP contribution in [0.2, 0.25) is 0 Å². The van der Waals surface area contributed by atoms with Crippen LogP contribution in [0.4, 0.5) is 0 Å². The third-order valence-electron chi connectivity index (χ3n) is 13.8. The molecule has 0 amide bonds. The van der Waals surface area contributed by atoms with Gasteiger partial charge >= 0.3 is 17.9 Å². The van der Waals surface area contributed by atoms with Gasteiger partial charge in [-0.3, -0.25) is 14.4 Å². The average Bonchev–Trinajstić information content (AvgIpc) is 3.43. The van der Waals surface area contributed by atoms with Crippen LogP contribution in [0, 0.1) is 0 Å². The Morgan fingerprint density at radius 2 is 0.506 bits per heavy atom. The summed E-state index contributed by atoms with van der Waals surface area (Å²) in [6, 6.07) is 0. The van der Waals surface area contributed by atoms with E-state index in [0.29, 0.717) is 19.3 Å². The summed E-state index contributed by atoms with van der Waals surface area (Å²) in [7, 11) is 0. The molecular formula is C71H120O6. The van der Waals surface area contributed by atoms with E-state index in [1.807, 2.05) is 0 Å². The van der Waals surface area contributed by atoms with Crippen LogP contribution >= 0.6 is 0 Å². The molecule has 0 heterocycles. The van der Waals surface area contributed by atoms with Crippen LogP contribution < -0.4 is 0 Å². The molecule has 0 aliphatic rings. The smallest absolute Gasteiger partial charge is 0.306 e. The Balaban J connectivity index is 4.15. The second-order valence-electron chi connectivity index (χ2n) is 21.3. The highest BCUT2D eigenvalue weighted by Gasteiger charge is 2.19. The zero-order valence-corrected chi connectivity index (χ0v) is 50.4. The van der Waals surface area contributed by atoms with Gasteiger partial charge < -0.3 is 14.2 Å². The zero-order chi connectivity index (χ0) is 55.7. The van der Waals surface area contributed by atoms with Gasteiger partial charge in [-0.25, -0.2) is 0 Å². The molecule has 0 aromatic rings. The molecule has 1 unspecified atom stereocenters. The van der Waals surface area contributed by atoms with Crippen molar-refractivity contribution >= 4 is 17.9 Å². The second kappa shape index (κ2) is 64.6. The normalized spacial score (nSPS) is 12.8. The lowest BCUT2D eigenvalue weighted by Crippen LogP contribution is -2.30. The van der Waals surface area contributed by atoms with Gasteiger partial charge in [0.15, 0.2) is 6.10 Å². The first-order valence-electron chi connectivity index (χ1n) is 32.4. The number of esters is 3. The molecule has 1 atom stereocenters. The quantitative estimate of drug-likeness (QED) is 0.0261. The monoisotopic (exact) mass is 1070 g/mol. The van der Waals surface area contributed by atoms with Crippen molar-refractivity contribution < 1.29 is 28.6 Å². The van der Waals surface area contributed by atoms with Crippen LogP contribution in [-0.2, 0) is 28.6 Å². The van der Waals surface area contributed by atoms with E-state index < -0.39 is 6.10 Å². The highest BCUT2D eigenvalue weighted by atomic mass is 16.6. The van der Waals surface area contributed by atoms with Crippen molar-refractivity contribution in [1.82, 2.24) is 0 Å². The molecule has 0 aromatic carbocycles. The van der Waals surface area contributed by atoms with E-state index in [1.165, 1.54) is 148 Å². The number of carbonyl (C=O) groups excluding carboxylic acids is 3. The minimum absolute atomic E-state index is 0.0803. The minimum Gasteiger partial charge on any atom is -0.462 e. The van der Waals surface area contributed by atoms with Gasteiger partial charge in [0.2, 0.25) is 0 Å². The molecule has 0 N–H and O–H groups in total. The maximum atomic E-state index is 12.9. The molecule has 77 heavy (non-hydrogen) atoms. The summed E-state index contributed by atoms with van der Waals surface area (Å²) < 4.78 is 16.8. The summed E-state index contributed by atoms with van der Waals surface area (Å²) in [5, 5.41) is 0. The topological polar surface area (TPSA) is 78.9 Å². The van der Waals surface area contributed by atoms with E-state index in [0.717, 1.165) is 116 Å². The fourth-order valence-corrected chi connectivity index (χ4v) is 8.92. The zero-order valence-electron chi connectivity index (χ0n) is 50.4. The minimum atomic E-state index is -0.781. The summed E-state index contributed by atoms with van der Waals surface area (Å²) >= 11 is 0. The number of allylic oxidation sites excluding steroid dienone is 18. The van der Waals surface area contributed by atoms with Crippen molar-refractivity contribution in [2.75, 3.05) is 13.2 Å². The van der Waals surface area contributed by atoms with Crippen molar-refractivity contribution in [3.63, 3.8) is 0 Å². The van der Waals surface area contributed by atoms with E-state index in [-0.39, 0.29) is 31.1 Å². The Morgan fingerprint density at radius 3 is 0.792 bits per heavy atom. The number of hydrogen-bond acceptors (Lipinski definition) is 6. The Bertz CT molecular complexity index is 1560. The molecule has 0 aliphatic carbocycles. The van der Waals surface area contributed by atoms with Gasteiger partial charge in [-0.05, 0) is 109 Å². The van der Waals surface area contributed by atoms with Gasteiger partial charge in [0.1, 0.15) is 13.2 Å². The maximum Gasteiger partial charge on any atom is 0.306 e. The highest BCUT2D eigenvalue weighted by molar-refractivity contribution is 5.71. The molecule has 6 nitrogen and oxygen atoms in total. The van der Waals surface area contributed by atoms with E-state index in [4.69, 9.17) is 14.2 Å². The molecule has 0 fully saturated rings. The first-order chi connectivity index (χ1) is 38.0. The van der Waals surface area contributed by atoms with Crippen LogP contribution in [0.1, 0.15) is 303 Å². The lowest BCUT2D eigenvalue weighted by Gasteiger charge is -2.18. The van der Waals surface area contributed by atoms with E-state index in [9.17, 15) is 14.4 Å². The molecule has 0 bridgehead atoms. The summed E-state index contributed by atoms with van der Waals surface area (Å²) in [5.74, 6) is -0.891. The number of rotatable bonds is 58. The van der Waals surface area contributed by atoms with Crippen molar-refractivity contribution in [2.45, 2.75) is 309 Å². The molecule has 0 radical (unpaired) electrons. The van der Waals surface area contributed by atoms with Crippen molar-refractivity contribution in [1.29, 1.82) is 0 Å². The van der Waals surface area contributed by atoms with E-state index >= 15 is 0 Å². The number of ether oxygens (including phenoxy) is 3. The summed E-state index contributed by atoms with van der Waals surface area (Å²) in [4.78, 5) is 38.1. The maximum absolute atomic E-state index is 12.9. The molecule has 0 spiro atoms. The van der Waals surface area contributed by atoms with E-state index in [2.05, 4.69) is 130 Å². The van der Waals surface area contributed by atoms with Gasteiger partial charge in [-0.1, -0.05) is 284 Å². The van der Waals surface area contributed by atoms with Crippen molar-refractivity contribution in [3.8, 4) is 0 Å². The van der Waals surface area contributed by atoms with Crippen LogP contribution in [0.3, 0.4) is 0 Å². The second-order valence-corrected chi connectivity index (χ2v) is 21.3. The first kappa shape index (κ1) is 73.1. The predicted molar refractivity (Wildman–Crippen MR) is 334 cm³/mol. The first-order valence-corrected chi connectivity index (χ1v) is 32.4. The van der Waals surface area contributed by atoms with Crippen LogP contribution in [0.25, 0.3) is 0 Å². The SMILES string of the molecule is CC/C=C\C/C=C\C/C=C\C/C=C\C/C=C\C/C=C\C/C=C\CCCCCCCCCCCC(=O)OCC(COC(=O)CCCCCCCCC)OC(=O)CCCCCCCCCCC/C=C\C/C=C\CCCCCCC. The third kappa shape index (κ3) is 62.8. The summed E-state index contributed by atoms with van der Waals surface area (Å²) in [6.07, 6.45) is 88.3. The Labute approximate surface area is 476 Å². The molecule has 0 saturated carbocycles. The number of unbranched alkanes of at least 4 members (excludes halogenated alkanes) is 29. The number of carbonyl (C=O) groups is 3. The summed E-state index contributed by atoms with van der Waals surface area (Å²) in [5.41, 5.74) is 0. The van der Waals surface area contributed by atoms with Crippen molar-refractivity contribution in [2.24, 2.45) is 0 Å². The Hall–Kier alpha value is -3.93. The highest BCUT2D eigenvalue weighted by Crippen LogP contribution is 2.16. The summed E-state index contributed by atoms with van der Waals surface area (Å²) in [6.45, 7) is 6.48. The fourth-order valence-electron chi connectivity index (χ4n) is 8.92. The molecule has 0 aliphatic heterocycles. The Morgan fingerprint density at radius 1 is 0.273 bits per heavy atom. The molecule has 440 valence electrons. The molecule has 6 heteroatoms. The number of hydrogen-bond donors (Lipinski definition) is 0. The van der Waals surface area contributed by atoms with Crippen LogP contribution in [-0.4, -0.2) is 37.2 Å². The molecule has 0 rings (SSSR count). The largest absolute Gasteiger partial charge is 0.462 e. The van der Waals surface area contributed by atoms with Gasteiger partial charge in [0, 0.05) is 19.3 Å². The van der Waals surface area contributed by atoms with Gasteiger partial charge in [0.05, 0.1) is 0 Å². The van der Waals surface area contributed by atoms with E-state index in [1.54, 1.807) is 0 Å². The predicted octanol–water partition coefficient (Wildman–Crippen LogP) is 22.2. The van der Waals surface area contributed by atoms with Crippen LogP contribution in [0.15, 0.2) is 109 Å². The lowest BCUT2D eigenvalue weighted by molar-refractivity contribution is -0.167. The van der Waals surface area contributed by atoms with Crippen LogP contribution in [0.5, 0.6) is 0 Å². The molecular weight excluding hydrogens is 949 g/mol.